The standard InChI is InChI=1S/C16H13BF3N3O2.CH2O2/c1-8-12-6-9(2-4-11(12)15(21)23-22-8)13-7-10(17(24)25)3-5-14(13)16(18,19)20;2-1-3/h2-7,24-25H,1H3,(H2,21,23);1H,(H,2,3). The lowest BCUT2D eigenvalue weighted by molar-refractivity contribution is -0.137. The fourth-order valence-corrected chi connectivity index (χ4v) is 2.68. The summed E-state index contributed by atoms with van der Waals surface area (Å²) >= 11 is 0. The van der Waals surface area contributed by atoms with E-state index in [1.165, 1.54) is 12.1 Å². The van der Waals surface area contributed by atoms with Crippen LogP contribution in [0.1, 0.15) is 11.3 Å². The number of anilines is 1. The van der Waals surface area contributed by atoms with E-state index < -0.39 is 18.9 Å². The van der Waals surface area contributed by atoms with E-state index in [0.29, 0.717) is 16.5 Å². The summed E-state index contributed by atoms with van der Waals surface area (Å²) in [6, 6.07) is 7.57. The summed E-state index contributed by atoms with van der Waals surface area (Å²) in [7, 11) is -1.87. The zero-order valence-electron chi connectivity index (χ0n) is 14.5. The van der Waals surface area contributed by atoms with Gasteiger partial charge in [0.15, 0.2) is 5.82 Å². The van der Waals surface area contributed by atoms with E-state index in [0.717, 1.165) is 18.2 Å². The summed E-state index contributed by atoms with van der Waals surface area (Å²) < 4.78 is 40.1. The van der Waals surface area contributed by atoms with Crippen LogP contribution in [0.3, 0.4) is 0 Å². The van der Waals surface area contributed by atoms with E-state index in [-0.39, 0.29) is 28.9 Å². The molecule has 0 fully saturated rings. The molecule has 28 heavy (non-hydrogen) atoms. The average molecular weight is 393 g/mol. The number of aryl methyl sites for hydroxylation is 1. The summed E-state index contributed by atoms with van der Waals surface area (Å²) in [4.78, 5) is 8.36. The van der Waals surface area contributed by atoms with Gasteiger partial charge in [0.2, 0.25) is 0 Å². The van der Waals surface area contributed by atoms with Gasteiger partial charge in [-0.2, -0.15) is 18.3 Å². The normalized spacial score (nSPS) is 10.9. The van der Waals surface area contributed by atoms with Crippen LogP contribution in [-0.4, -0.2) is 38.9 Å². The number of halogens is 3. The third kappa shape index (κ3) is 4.38. The number of fused-ring (bicyclic) bond motifs is 1. The summed E-state index contributed by atoms with van der Waals surface area (Å²) in [5.74, 6) is 0.183. The molecule has 0 bridgehead atoms. The van der Waals surface area contributed by atoms with Crippen LogP contribution in [-0.2, 0) is 11.0 Å². The van der Waals surface area contributed by atoms with Crippen molar-refractivity contribution in [3.63, 3.8) is 0 Å². The van der Waals surface area contributed by atoms with E-state index in [1.807, 2.05) is 0 Å². The monoisotopic (exact) mass is 393 g/mol. The van der Waals surface area contributed by atoms with Crippen molar-refractivity contribution in [2.75, 3.05) is 5.73 Å². The Kier molecular flexibility index (Phi) is 6.21. The first-order chi connectivity index (χ1) is 13.1. The highest BCUT2D eigenvalue weighted by Crippen LogP contribution is 2.37. The van der Waals surface area contributed by atoms with Gasteiger partial charge in [-0.3, -0.25) is 4.79 Å². The molecule has 0 aliphatic rings. The molecule has 1 heterocycles. The van der Waals surface area contributed by atoms with Gasteiger partial charge < -0.3 is 20.9 Å². The van der Waals surface area contributed by atoms with Crippen molar-refractivity contribution in [3.8, 4) is 11.1 Å². The van der Waals surface area contributed by atoms with Gasteiger partial charge in [0.1, 0.15) is 0 Å². The van der Waals surface area contributed by atoms with Crippen molar-refractivity contribution < 1.29 is 33.1 Å². The Hall–Kier alpha value is -3.18. The first-order valence-electron chi connectivity index (χ1n) is 7.78. The van der Waals surface area contributed by atoms with E-state index in [1.54, 1.807) is 13.0 Å². The summed E-state index contributed by atoms with van der Waals surface area (Å²) in [5.41, 5.74) is 5.48. The number of aromatic nitrogens is 2. The van der Waals surface area contributed by atoms with Gasteiger partial charge in [0, 0.05) is 10.8 Å². The van der Waals surface area contributed by atoms with Gasteiger partial charge >= 0.3 is 13.3 Å². The summed E-state index contributed by atoms with van der Waals surface area (Å²) in [6.45, 7) is 1.43. The second-order valence-electron chi connectivity index (χ2n) is 5.71. The molecule has 0 spiro atoms. The first kappa shape index (κ1) is 21.1. The summed E-state index contributed by atoms with van der Waals surface area (Å²) in [5, 5.41) is 34.3. The molecule has 0 saturated carbocycles. The van der Waals surface area contributed by atoms with Gasteiger partial charge in [0.05, 0.1) is 11.3 Å². The van der Waals surface area contributed by atoms with Gasteiger partial charge in [-0.05, 0) is 41.7 Å². The number of nitrogens with zero attached hydrogens (tertiary/aromatic N) is 2. The second-order valence-corrected chi connectivity index (χ2v) is 5.71. The number of hydrogen-bond donors (Lipinski definition) is 4. The Bertz CT molecular complexity index is 1010. The Morgan fingerprint density at radius 2 is 1.71 bits per heavy atom. The Morgan fingerprint density at radius 3 is 2.29 bits per heavy atom. The molecule has 0 radical (unpaired) electrons. The van der Waals surface area contributed by atoms with Crippen LogP contribution in [0, 0.1) is 6.92 Å². The number of benzene rings is 2. The molecule has 0 unspecified atom stereocenters. The molecule has 146 valence electrons. The van der Waals surface area contributed by atoms with Crippen molar-refractivity contribution in [1.82, 2.24) is 10.2 Å². The third-order valence-electron chi connectivity index (χ3n) is 3.95. The maximum absolute atomic E-state index is 13.4. The number of alkyl halides is 3. The molecule has 7 nitrogen and oxygen atoms in total. The van der Waals surface area contributed by atoms with Gasteiger partial charge in [-0.15, -0.1) is 5.10 Å². The molecular weight excluding hydrogens is 378 g/mol. The first-order valence-corrected chi connectivity index (χ1v) is 7.78. The lowest BCUT2D eigenvalue weighted by Crippen LogP contribution is -2.30. The second kappa shape index (κ2) is 8.23. The molecule has 0 aliphatic carbocycles. The average Bonchev–Trinajstić information content (AvgIpc) is 2.64. The molecule has 2 aromatic carbocycles. The lowest BCUT2D eigenvalue weighted by Gasteiger charge is -2.15. The van der Waals surface area contributed by atoms with Crippen LogP contribution in [0.5, 0.6) is 0 Å². The highest BCUT2D eigenvalue weighted by atomic mass is 19.4. The van der Waals surface area contributed by atoms with Crippen molar-refractivity contribution in [3.05, 3.63) is 47.7 Å². The molecule has 0 saturated heterocycles. The Balaban J connectivity index is 0.000000878. The minimum Gasteiger partial charge on any atom is -0.483 e. The zero-order valence-corrected chi connectivity index (χ0v) is 14.5. The molecule has 11 heteroatoms. The smallest absolute Gasteiger partial charge is 0.483 e. The minimum atomic E-state index is -4.59. The molecule has 3 aromatic rings. The molecule has 1 aromatic heterocycles. The summed E-state index contributed by atoms with van der Waals surface area (Å²) in [6.07, 6.45) is -4.59. The lowest BCUT2D eigenvalue weighted by atomic mass is 9.78. The highest BCUT2D eigenvalue weighted by molar-refractivity contribution is 6.58. The predicted octanol–water partition coefficient (Wildman–Crippen LogP) is 1.59. The zero-order chi connectivity index (χ0) is 21.1. The van der Waals surface area contributed by atoms with E-state index in [2.05, 4.69) is 10.2 Å². The van der Waals surface area contributed by atoms with Gasteiger partial charge in [-0.1, -0.05) is 18.2 Å². The molecule has 0 aliphatic heterocycles. The predicted molar refractivity (Wildman–Crippen MR) is 97.6 cm³/mol. The molecule has 0 atom stereocenters. The fraction of sp³-hybridized carbons (Fsp3) is 0.118. The van der Waals surface area contributed by atoms with Crippen LogP contribution >= 0.6 is 0 Å². The molecule has 3 rings (SSSR count). The molecule has 0 amide bonds. The van der Waals surface area contributed by atoms with E-state index in [9.17, 15) is 23.2 Å². The molecular formula is C17H15BF3N3O4. The quantitative estimate of drug-likeness (QED) is 0.384. The maximum atomic E-state index is 13.4. The number of carboxylic acid groups (broad SMARTS) is 1. The van der Waals surface area contributed by atoms with Crippen molar-refractivity contribution in [2.24, 2.45) is 0 Å². The fourth-order valence-electron chi connectivity index (χ4n) is 2.68. The van der Waals surface area contributed by atoms with Crippen molar-refractivity contribution in [1.29, 1.82) is 0 Å². The van der Waals surface area contributed by atoms with Crippen LogP contribution in [0.2, 0.25) is 0 Å². The minimum absolute atomic E-state index is 0.0350. The Labute approximate surface area is 157 Å². The number of nitrogen functional groups attached to an aromatic ring is 1. The number of nitrogens with two attached hydrogens (primary N) is 1. The van der Waals surface area contributed by atoms with Crippen molar-refractivity contribution in [2.45, 2.75) is 13.1 Å². The van der Waals surface area contributed by atoms with Gasteiger partial charge in [0.25, 0.3) is 6.47 Å². The SMILES string of the molecule is Cc1nnc(N)c2ccc(-c3cc(B(O)O)ccc3C(F)(F)F)cc12.O=CO. The van der Waals surface area contributed by atoms with Gasteiger partial charge in [-0.25, -0.2) is 0 Å². The van der Waals surface area contributed by atoms with Crippen LogP contribution in [0.4, 0.5) is 19.0 Å². The largest absolute Gasteiger partial charge is 0.488 e. The number of hydrogen-bond acceptors (Lipinski definition) is 6. The van der Waals surface area contributed by atoms with E-state index in [4.69, 9.17) is 15.6 Å². The third-order valence-corrected chi connectivity index (χ3v) is 3.95. The van der Waals surface area contributed by atoms with Crippen LogP contribution in [0.25, 0.3) is 21.9 Å². The van der Waals surface area contributed by atoms with Crippen LogP contribution < -0.4 is 11.2 Å². The van der Waals surface area contributed by atoms with E-state index >= 15 is 0 Å². The number of rotatable bonds is 2. The number of carbonyl (C=O) groups is 1. The topological polar surface area (TPSA) is 130 Å². The maximum Gasteiger partial charge on any atom is 0.488 e. The van der Waals surface area contributed by atoms with Crippen molar-refractivity contribution >= 4 is 35.6 Å². The van der Waals surface area contributed by atoms with Crippen LogP contribution in [0.15, 0.2) is 36.4 Å². The molecule has 5 N–H and O–H groups in total. The Morgan fingerprint density at radius 1 is 1.07 bits per heavy atom. The highest BCUT2D eigenvalue weighted by Gasteiger charge is 2.34.